The molecule has 2 saturated carbocycles. The molecule has 164 valence electrons. The fraction of sp³-hybridized carbons (Fsp3) is 0.346. The van der Waals surface area contributed by atoms with Crippen molar-refractivity contribution in [2.75, 3.05) is 6.61 Å². The quantitative estimate of drug-likeness (QED) is 0.476. The van der Waals surface area contributed by atoms with Crippen LogP contribution in [0, 0.1) is 11.8 Å². The van der Waals surface area contributed by atoms with Crippen LogP contribution in [0.1, 0.15) is 47.3 Å². The normalized spacial score (nSPS) is 18.1. The Bertz CT molecular complexity index is 1180. The molecule has 0 atom stereocenters. The van der Waals surface area contributed by atoms with Crippen molar-refractivity contribution in [1.29, 1.82) is 0 Å². The molecular weight excluding hydrogens is 438 g/mol. The third-order valence-electron chi connectivity index (χ3n) is 6.67. The van der Waals surface area contributed by atoms with Crippen LogP contribution in [0.3, 0.4) is 0 Å². The minimum absolute atomic E-state index is 0.0342. The highest BCUT2D eigenvalue weighted by atomic mass is 32.2. The zero-order chi connectivity index (χ0) is 21.7. The molecule has 6 heteroatoms. The van der Waals surface area contributed by atoms with Gasteiger partial charge < -0.3 is 14.9 Å². The van der Waals surface area contributed by atoms with Crippen LogP contribution in [0.2, 0.25) is 0 Å². The molecule has 32 heavy (non-hydrogen) atoms. The molecule has 0 unspecified atom stereocenters. The van der Waals surface area contributed by atoms with Crippen molar-refractivity contribution in [2.45, 2.75) is 47.1 Å². The van der Waals surface area contributed by atoms with Crippen LogP contribution in [-0.4, -0.2) is 21.8 Å². The summed E-state index contributed by atoms with van der Waals surface area (Å²) in [6, 6.07) is 14.3. The third-order valence-corrected chi connectivity index (χ3v) is 8.88. The van der Waals surface area contributed by atoms with Crippen molar-refractivity contribution < 1.29 is 14.9 Å². The number of hydrogen-bond donors (Lipinski definition) is 2. The predicted molar refractivity (Wildman–Crippen MR) is 127 cm³/mol. The second-order valence-corrected chi connectivity index (χ2v) is 11.3. The molecule has 3 aliphatic rings. The van der Waals surface area contributed by atoms with Gasteiger partial charge in [0, 0.05) is 16.7 Å². The van der Waals surface area contributed by atoms with Crippen LogP contribution in [-0.2, 0) is 12.2 Å². The zero-order valence-electron chi connectivity index (χ0n) is 17.7. The van der Waals surface area contributed by atoms with Gasteiger partial charge in [-0.15, -0.1) is 11.3 Å². The van der Waals surface area contributed by atoms with E-state index in [2.05, 4.69) is 35.3 Å². The lowest BCUT2D eigenvalue weighted by molar-refractivity contribution is -0.00681. The van der Waals surface area contributed by atoms with E-state index in [-0.39, 0.29) is 6.61 Å². The van der Waals surface area contributed by atoms with Gasteiger partial charge in [-0.3, -0.25) is 0 Å². The van der Waals surface area contributed by atoms with Gasteiger partial charge in [-0.2, -0.15) is 0 Å². The predicted octanol–water partition coefficient (Wildman–Crippen LogP) is 5.62. The van der Waals surface area contributed by atoms with Crippen LogP contribution < -0.4 is 4.74 Å². The number of benzene rings is 2. The van der Waals surface area contributed by atoms with Gasteiger partial charge in [0.2, 0.25) is 0 Å². The Balaban J connectivity index is 1.24. The molecular formula is C26H25NO3S2. The molecule has 2 heterocycles. The number of ether oxygens (including phenoxy) is 1. The summed E-state index contributed by atoms with van der Waals surface area (Å²) in [5, 5.41) is 20.9. The Morgan fingerprint density at radius 3 is 2.66 bits per heavy atom. The van der Waals surface area contributed by atoms with Crippen LogP contribution >= 0.6 is 23.1 Å². The molecule has 0 saturated heterocycles. The van der Waals surface area contributed by atoms with E-state index in [4.69, 9.17) is 4.74 Å². The summed E-state index contributed by atoms with van der Waals surface area (Å²) in [5.41, 5.74) is 3.53. The molecule has 6 rings (SSSR count). The van der Waals surface area contributed by atoms with E-state index in [9.17, 15) is 10.2 Å². The van der Waals surface area contributed by atoms with Gasteiger partial charge in [-0.1, -0.05) is 30.0 Å². The van der Waals surface area contributed by atoms with E-state index in [1.54, 1.807) is 23.1 Å². The summed E-state index contributed by atoms with van der Waals surface area (Å²) in [6.45, 7) is 0.559. The summed E-state index contributed by atoms with van der Waals surface area (Å²) in [5.74, 6) is 1.70. The summed E-state index contributed by atoms with van der Waals surface area (Å²) in [7, 11) is 0. The lowest BCUT2D eigenvalue weighted by Crippen LogP contribution is -2.29. The maximum Gasteiger partial charge on any atom is 0.154 e. The van der Waals surface area contributed by atoms with Crippen LogP contribution in [0.15, 0.2) is 64.0 Å². The van der Waals surface area contributed by atoms with E-state index in [1.165, 1.54) is 0 Å². The van der Waals surface area contributed by atoms with Crippen molar-refractivity contribution in [3.8, 4) is 5.75 Å². The van der Waals surface area contributed by atoms with Gasteiger partial charge in [0.05, 0.1) is 11.5 Å². The lowest BCUT2D eigenvalue weighted by Gasteiger charge is -2.26. The van der Waals surface area contributed by atoms with E-state index >= 15 is 0 Å². The Morgan fingerprint density at radius 1 is 1.09 bits per heavy atom. The number of rotatable bonds is 7. The van der Waals surface area contributed by atoms with Gasteiger partial charge in [0.25, 0.3) is 0 Å². The monoisotopic (exact) mass is 463 g/mol. The average molecular weight is 464 g/mol. The van der Waals surface area contributed by atoms with Crippen molar-refractivity contribution in [3.63, 3.8) is 0 Å². The highest BCUT2D eigenvalue weighted by Gasteiger charge is 2.55. The Kier molecular flexibility index (Phi) is 5.14. The molecule has 1 aliphatic heterocycles. The van der Waals surface area contributed by atoms with Crippen molar-refractivity contribution in [3.05, 3.63) is 76.3 Å². The molecule has 2 fully saturated rings. The first-order valence-corrected chi connectivity index (χ1v) is 12.8. The maximum atomic E-state index is 11.4. The molecule has 0 amide bonds. The fourth-order valence-corrected chi connectivity index (χ4v) is 6.95. The summed E-state index contributed by atoms with van der Waals surface area (Å²) in [6.07, 6.45) is 8.52. The minimum Gasteiger partial charge on any atom is -0.489 e. The SMILES string of the molecule is OCc1cccc(C2=CCOc3cc(Sc4ncc(C(O)(C5CC5)C5CC5)s4)ccc32)c1. The van der Waals surface area contributed by atoms with E-state index in [1.807, 2.05) is 24.4 Å². The average Bonchev–Trinajstić information content (AvgIpc) is 3.76. The number of aliphatic hydroxyl groups excluding tert-OH is 1. The van der Waals surface area contributed by atoms with Crippen molar-refractivity contribution >= 4 is 28.7 Å². The van der Waals surface area contributed by atoms with Gasteiger partial charge in [-0.25, -0.2) is 4.98 Å². The fourth-order valence-electron chi connectivity index (χ4n) is 4.72. The van der Waals surface area contributed by atoms with Crippen LogP contribution in [0.4, 0.5) is 0 Å². The minimum atomic E-state index is -0.655. The highest BCUT2D eigenvalue weighted by molar-refractivity contribution is 8.01. The molecule has 3 aromatic rings. The van der Waals surface area contributed by atoms with Gasteiger partial charge in [-0.05, 0) is 84.6 Å². The molecule has 4 nitrogen and oxygen atoms in total. The smallest absolute Gasteiger partial charge is 0.154 e. The first-order valence-electron chi connectivity index (χ1n) is 11.2. The standard InChI is InChI=1S/C26H25NO3S2/c28-15-16-2-1-3-17(12-16)21-10-11-30-23-13-20(8-9-22(21)23)31-25-27-14-24(32-25)26(29,18-4-5-18)19-6-7-19/h1-3,8-10,12-14,18-19,28-29H,4-7,11,15H2. The number of thiazole rings is 1. The number of hydrogen-bond acceptors (Lipinski definition) is 6. The Hall–Kier alpha value is -2.12. The first kappa shape index (κ1) is 20.5. The van der Waals surface area contributed by atoms with E-state index in [0.29, 0.717) is 18.4 Å². The lowest BCUT2D eigenvalue weighted by atomic mass is 9.90. The van der Waals surface area contributed by atoms with Crippen LogP contribution in [0.5, 0.6) is 5.75 Å². The topological polar surface area (TPSA) is 62.6 Å². The number of aliphatic hydroxyl groups is 2. The molecule has 1 aromatic heterocycles. The van der Waals surface area contributed by atoms with Gasteiger partial charge in [0.1, 0.15) is 18.0 Å². The molecule has 2 aromatic carbocycles. The zero-order valence-corrected chi connectivity index (χ0v) is 19.3. The molecule has 0 bridgehead atoms. The molecule has 0 spiro atoms. The highest BCUT2D eigenvalue weighted by Crippen LogP contribution is 2.58. The van der Waals surface area contributed by atoms with Gasteiger partial charge in [0.15, 0.2) is 4.34 Å². The summed E-state index contributed by atoms with van der Waals surface area (Å²) >= 11 is 3.26. The van der Waals surface area contributed by atoms with Crippen LogP contribution in [0.25, 0.3) is 5.57 Å². The van der Waals surface area contributed by atoms with E-state index < -0.39 is 5.60 Å². The van der Waals surface area contributed by atoms with Crippen molar-refractivity contribution in [2.24, 2.45) is 11.8 Å². The number of aromatic nitrogens is 1. The first-order chi connectivity index (χ1) is 15.6. The van der Waals surface area contributed by atoms with E-state index in [0.717, 1.165) is 67.8 Å². The largest absolute Gasteiger partial charge is 0.489 e. The van der Waals surface area contributed by atoms with Crippen molar-refractivity contribution in [1.82, 2.24) is 4.98 Å². The Morgan fingerprint density at radius 2 is 1.91 bits per heavy atom. The number of nitrogens with zero attached hydrogens (tertiary/aromatic N) is 1. The Labute approximate surface area is 196 Å². The second kappa shape index (κ2) is 8.03. The third kappa shape index (κ3) is 3.69. The summed E-state index contributed by atoms with van der Waals surface area (Å²) in [4.78, 5) is 6.75. The van der Waals surface area contributed by atoms with Gasteiger partial charge >= 0.3 is 0 Å². The number of fused-ring (bicyclic) bond motifs is 1. The second-order valence-electron chi connectivity index (χ2n) is 8.91. The maximum absolute atomic E-state index is 11.4. The molecule has 2 N–H and O–H groups in total. The molecule has 0 radical (unpaired) electrons. The summed E-state index contributed by atoms with van der Waals surface area (Å²) < 4.78 is 6.91. The molecule has 2 aliphatic carbocycles.